The van der Waals surface area contributed by atoms with E-state index in [4.69, 9.17) is 0 Å². The summed E-state index contributed by atoms with van der Waals surface area (Å²) >= 11 is 0. The average Bonchev–Trinajstić information content (AvgIpc) is 3.71. The third-order valence-corrected chi connectivity index (χ3v) is 12.4. The second-order valence-corrected chi connectivity index (χ2v) is 16.7. The van der Waals surface area contributed by atoms with Gasteiger partial charge in [-0.15, -0.1) is 0 Å². The Kier molecular flexibility index (Phi) is 12.8. The summed E-state index contributed by atoms with van der Waals surface area (Å²) in [5.74, 6) is -4.74. The van der Waals surface area contributed by atoms with Gasteiger partial charge in [-0.3, -0.25) is 58.7 Å². The minimum absolute atomic E-state index is 0.00241. The van der Waals surface area contributed by atoms with Crippen molar-refractivity contribution in [3.05, 3.63) is 168 Å². The van der Waals surface area contributed by atoms with E-state index in [1.807, 2.05) is 41.9 Å². The summed E-state index contributed by atoms with van der Waals surface area (Å²) in [6.45, 7) is 1.11. The molecule has 358 valence electrons. The Bertz CT molecular complexity index is 3460. The molecule has 0 saturated carbocycles. The molecule has 0 atom stereocenters. The predicted octanol–water partition coefficient (Wildman–Crippen LogP) is 4.47. The second-order valence-electron chi connectivity index (χ2n) is 16.7. The number of hydrogen-bond donors (Lipinski definition) is 5. The van der Waals surface area contributed by atoms with Crippen LogP contribution in [0.2, 0.25) is 0 Å². The Morgan fingerprint density at radius 1 is 0.535 bits per heavy atom. The quantitative estimate of drug-likeness (QED) is 0.0344. The molecule has 7 amide bonds. The van der Waals surface area contributed by atoms with Crippen LogP contribution < -0.4 is 31.5 Å². The van der Waals surface area contributed by atoms with Crippen molar-refractivity contribution in [2.45, 2.75) is 0 Å². The lowest BCUT2D eigenvalue weighted by Gasteiger charge is -2.27. The minimum atomic E-state index is -1.03. The molecule has 0 bridgehead atoms. The fraction of sp³-hybridized carbons (Fsp3) is 0.180. The molecule has 0 spiro atoms. The molecule has 9 rings (SSSR count). The van der Waals surface area contributed by atoms with Crippen molar-refractivity contribution in [1.82, 2.24) is 36.1 Å². The highest BCUT2D eigenvalue weighted by Gasteiger charge is 2.40. The molecule has 0 saturated heterocycles. The van der Waals surface area contributed by atoms with E-state index in [0.717, 1.165) is 21.9 Å². The van der Waals surface area contributed by atoms with Crippen molar-refractivity contribution in [2.75, 3.05) is 57.3 Å². The number of nitrogens with one attached hydrogen (secondary N) is 5. The molecule has 21 heteroatoms. The molecule has 2 aliphatic rings. The lowest BCUT2D eigenvalue weighted by atomic mass is 9.92. The zero-order chi connectivity index (χ0) is 50.1. The lowest BCUT2D eigenvalue weighted by Crippen LogP contribution is -2.44. The molecule has 2 aliphatic heterocycles. The third-order valence-electron chi connectivity index (χ3n) is 12.4. The number of benzene rings is 6. The van der Waals surface area contributed by atoms with Crippen molar-refractivity contribution in [2.24, 2.45) is 7.05 Å². The molecule has 5 N–H and O–H groups in total. The Labute approximate surface area is 402 Å². The molecule has 21 nitrogen and oxygen atoms in total. The number of carbonyl (C=O) groups excluding carboxylic acids is 7. The van der Waals surface area contributed by atoms with E-state index < -0.39 is 51.0 Å². The van der Waals surface area contributed by atoms with Gasteiger partial charge < -0.3 is 31.2 Å². The van der Waals surface area contributed by atoms with Gasteiger partial charge in [-0.2, -0.15) is 0 Å². The van der Waals surface area contributed by atoms with Gasteiger partial charge >= 0.3 is 0 Å². The lowest BCUT2D eigenvalue weighted by molar-refractivity contribution is -0.385. The standard InChI is InChI=1S/C50H42N10O11/c1-56-38-11-3-2-6-29(38)26-40(56)46(63)55-19-15-51-14-17-53-44(61)31-22-32(25-33(24-31)58-49(66)36-10-4-7-28-12-13-39(60(70)71)43(42(28)36)50(58)67)45(62)54-18-16-52-20-21-57-47(64)35-9-5-8-30-23-34(59(68)69)27-37(41(30)35)48(57)65/h2-13,22-27,51-52H,14-21H2,1H3,(H,53,61)(H,54,62)(H,55,63). The van der Waals surface area contributed by atoms with Crippen molar-refractivity contribution >= 4 is 90.9 Å². The summed E-state index contributed by atoms with van der Waals surface area (Å²) in [5.41, 5.74) is 0.0935. The van der Waals surface area contributed by atoms with Crippen LogP contribution in [0.4, 0.5) is 17.1 Å². The van der Waals surface area contributed by atoms with Crippen LogP contribution in [0.5, 0.6) is 0 Å². The van der Waals surface area contributed by atoms with E-state index in [9.17, 15) is 53.8 Å². The SMILES string of the molecule is Cn1c(C(=O)NCCNCCNC(=O)c2cc(C(=O)NCCNCCN3C(=O)c4cccc5cc([N+](=O)[O-])cc(c45)C3=O)cc(N3C(=O)c4cccc5ccc([N+](=O)[O-])c(c45)C3=O)c2)cc2ccccc21. The van der Waals surface area contributed by atoms with Crippen LogP contribution in [0.3, 0.4) is 0 Å². The van der Waals surface area contributed by atoms with E-state index in [2.05, 4.69) is 26.6 Å². The molecule has 71 heavy (non-hydrogen) atoms. The number of nitrogens with zero attached hydrogens (tertiary/aromatic N) is 5. The first-order valence-electron chi connectivity index (χ1n) is 22.4. The Hall–Kier alpha value is -9.21. The number of aryl methyl sites for hydroxylation is 1. The Balaban J connectivity index is 0.859. The topological polar surface area (TPSA) is 277 Å². The summed E-state index contributed by atoms with van der Waals surface area (Å²) in [4.78, 5) is 120. The number of carbonyl (C=O) groups is 7. The summed E-state index contributed by atoms with van der Waals surface area (Å²) < 4.78 is 1.81. The van der Waals surface area contributed by atoms with E-state index in [1.54, 1.807) is 30.3 Å². The van der Waals surface area contributed by atoms with Crippen LogP contribution in [0.25, 0.3) is 32.4 Å². The molecule has 0 unspecified atom stereocenters. The largest absolute Gasteiger partial charge is 0.351 e. The molecular weight excluding hydrogens is 917 g/mol. The number of amides is 7. The smallest absolute Gasteiger partial charge is 0.282 e. The highest BCUT2D eigenvalue weighted by Crippen LogP contribution is 2.38. The van der Waals surface area contributed by atoms with Crippen LogP contribution >= 0.6 is 0 Å². The van der Waals surface area contributed by atoms with E-state index >= 15 is 0 Å². The van der Waals surface area contributed by atoms with Crippen LogP contribution in [0.15, 0.2) is 109 Å². The van der Waals surface area contributed by atoms with Crippen LogP contribution in [-0.2, 0) is 7.05 Å². The molecule has 1 aromatic heterocycles. The molecule has 3 heterocycles. The Morgan fingerprint density at radius 3 is 1.77 bits per heavy atom. The van der Waals surface area contributed by atoms with Gasteiger partial charge in [0, 0.05) is 122 Å². The molecule has 6 aromatic carbocycles. The van der Waals surface area contributed by atoms with E-state index in [1.165, 1.54) is 42.5 Å². The number of para-hydroxylation sites is 1. The monoisotopic (exact) mass is 958 g/mol. The molecule has 7 aromatic rings. The van der Waals surface area contributed by atoms with Gasteiger partial charge in [0.15, 0.2) is 0 Å². The summed E-state index contributed by atoms with van der Waals surface area (Å²) in [5, 5.41) is 40.5. The maximum atomic E-state index is 14.2. The first-order chi connectivity index (χ1) is 34.2. The maximum Gasteiger partial charge on any atom is 0.282 e. The maximum absolute atomic E-state index is 14.2. The van der Waals surface area contributed by atoms with Crippen LogP contribution in [0.1, 0.15) is 72.6 Å². The molecule has 0 aliphatic carbocycles. The number of aromatic nitrogens is 1. The molecule has 0 radical (unpaired) electrons. The van der Waals surface area contributed by atoms with Crippen LogP contribution in [-0.4, -0.2) is 113 Å². The minimum Gasteiger partial charge on any atom is -0.351 e. The third kappa shape index (κ3) is 8.88. The van der Waals surface area contributed by atoms with Crippen molar-refractivity contribution < 1.29 is 43.4 Å². The van der Waals surface area contributed by atoms with Gasteiger partial charge in [0.25, 0.3) is 52.7 Å². The first kappa shape index (κ1) is 46.9. The highest BCUT2D eigenvalue weighted by molar-refractivity contribution is 6.37. The number of nitro benzene ring substituents is 2. The summed E-state index contributed by atoms with van der Waals surface area (Å²) in [7, 11) is 1.81. The number of non-ortho nitro benzene ring substituents is 1. The normalized spacial score (nSPS) is 13.0. The van der Waals surface area contributed by atoms with Gasteiger partial charge in [0.2, 0.25) is 0 Å². The average molecular weight is 959 g/mol. The summed E-state index contributed by atoms with van der Waals surface area (Å²) in [6.07, 6.45) is 0. The fourth-order valence-corrected chi connectivity index (χ4v) is 8.96. The fourth-order valence-electron chi connectivity index (χ4n) is 8.96. The van der Waals surface area contributed by atoms with Crippen molar-refractivity contribution in [3.8, 4) is 0 Å². The molecular formula is C50H42N10O11. The zero-order valence-electron chi connectivity index (χ0n) is 37.8. The van der Waals surface area contributed by atoms with Gasteiger partial charge in [0.05, 0.1) is 21.1 Å². The number of rotatable bonds is 18. The predicted molar refractivity (Wildman–Crippen MR) is 260 cm³/mol. The van der Waals surface area contributed by atoms with Gasteiger partial charge in [-0.25, -0.2) is 4.90 Å². The zero-order valence-corrected chi connectivity index (χ0v) is 37.8. The number of nitro groups is 2. The Morgan fingerprint density at radius 2 is 1.13 bits per heavy atom. The van der Waals surface area contributed by atoms with E-state index in [0.29, 0.717) is 33.3 Å². The highest BCUT2D eigenvalue weighted by atomic mass is 16.6. The van der Waals surface area contributed by atoms with Gasteiger partial charge in [-0.1, -0.05) is 42.5 Å². The number of anilines is 1. The van der Waals surface area contributed by atoms with Crippen molar-refractivity contribution in [1.29, 1.82) is 0 Å². The number of fused-ring (bicyclic) bond motifs is 1. The van der Waals surface area contributed by atoms with E-state index in [-0.39, 0.29) is 102 Å². The van der Waals surface area contributed by atoms with Gasteiger partial charge in [0.1, 0.15) is 11.3 Å². The van der Waals surface area contributed by atoms with Crippen molar-refractivity contribution in [3.63, 3.8) is 0 Å². The number of hydrogen-bond acceptors (Lipinski definition) is 13. The molecule has 0 fully saturated rings. The number of imide groups is 2. The van der Waals surface area contributed by atoms with Crippen LogP contribution in [0, 0.1) is 20.2 Å². The second kappa shape index (κ2) is 19.4. The summed E-state index contributed by atoms with van der Waals surface area (Å²) in [6, 6.07) is 27.6. The van der Waals surface area contributed by atoms with Gasteiger partial charge in [-0.05, 0) is 59.3 Å². The first-order valence-corrected chi connectivity index (χ1v) is 22.4.